The first-order valence-corrected chi connectivity index (χ1v) is 12.8. The molecule has 0 saturated carbocycles. The van der Waals surface area contributed by atoms with Crippen molar-refractivity contribution in [3.8, 4) is 11.4 Å². The quantitative estimate of drug-likeness (QED) is 0.639. The lowest BCUT2D eigenvalue weighted by molar-refractivity contribution is -0.132. The summed E-state index contributed by atoms with van der Waals surface area (Å²) in [6.45, 7) is 6.09. The van der Waals surface area contributed by atoms with Gasteiger partial charge in [0.15, 0.2) is 15.7 Å². The van der Waals surface area contributed by atoms with Crippen LogP contribution in [0, 0.1) is 0 Å². The fourth-order valence-corrected chi connectivity index (χ4v) is 5.92. The molecule has 0 aliphatic carbocycles. The highest BCUT2D eigenvalue weighted by Crippen LogP contribution is 2.24. The zero-order valence-electron chi connectivity index (χ0n) is 17.1. The van der Waals surface area contributed by atoms with Crippen molar-refractivity contribution in [2.75, 3.05) is 17.3 Å². The van der Waals surface area contributed by atoms with Crippen molar-refractivity contribution in [2.24, 2.45) is 0 Å². The summed E-state index contributed by atoms with van der Waals surface area (Å²) in [4.78, 5) is 19.1. The smallest absolute Gasteiger partial charge is 0.233 e. The highest BCUT2D eigenvalue weighted by Gasteiger charge is 2.36. The Morgan fingerprint density at radius 2 is 2.03 bits per heavy atom. The standard InChI is InChI=1S/C20H28N4O3S2/c1-4-14(3)24(17-10-11-29(26,27)13-17)18(25)12-28-20-21-19(22-23-20)16-8-6-15(5-2)7-9-16/h6-9,14,17H,4-5,10-13H2,1-3H3,(H,21,22,23). The van der Waals surface area contributed by atoms with E-state index in [4.69, 9.17) is 0 Å². The average Bonchev–Trinajstić information content (AvgIpc) is 3.32. The summed E-state index contributed by atoms with van der Waals surface area (Å²) in [5.41, 5.74) is 2.21. The monoisotopic (exact) mass is 436 g/mol. The number of sulfone groups is 1. The van der Waals surface area contributed by atoms with Gasteiger partial charge in [-0.05, 0) is 31.7 Å². The van der Waals surface area contributed by atoms with E-state index >= 15 is 0 Å². The van der Waals surface area contributed by atoms with E-state index in [0.717, 1.165) is 18.4 Å². The zero-order chi connectivity index (χ0) is 21.0. The Morgan fingerprint density at radius 3 is 2.62 bits per heavy atom. The summed E-state index contributed by atoms with van der Waals surface area (Å²) in [6, 6.07) is 7.90. The van der Waals surface area contributed by atoms with E-state index in [1.807, 2.05) is 26.0 Å². The van der Waals surface area contributed by atoms with Crippen LogP contribution < -0.4 is 0 Å². The first kappa shape index (κ1) is 21.8. The average molecular weight is 437 g/mol. The molecule has 2 aromatic rings. The van der Waals surface area contributed by atoms with Crippen molar-refractivity contribution in [1.29, 1.82) is 0 Å². The summed E-state index contributed by atoms with van der Waals surface area (Å²) in [6.07, 6.45) is 2.28. The van der Waals surface area contributed by atoms with Gasteiger partial charge in [-0.25, -0.2) is 13.4 Å². The molecule has 1 aromatic heterocycles. The second-order valence-electron chi connectivity index (χ2n) is 7.42. The number of hydrogen-bond donors (Lipinski definition) is 1. The van der Waals surface area contributed by atoms with Gasteiger partial charge in [-0.2, -0.15) is 0 Å². The number of aromatic nitrogens is 3. The summed E-state index contributed by atoms with van der Waals surface area (Å²) in [5.74, 6) is 1.01. The summed E-state index contributed by atoms with van der Waals surface area (Å²) in [7, 11) is -3.05. The van der Waals surface area contributed by atoms with Crippen LogP contribution in [-0.2, 0) is 21.1 Å². The second kappa shape index (κ2) is 9.30. The van der Waals surface area contributed by atoms with Crippen LogP contribution in [0.3, 0.4) is 0 Å². The van der Waals surface area contributed by atoms with Crippen LogP contribution in [-0.4, -0.2) is 63.7 Å². The molecule has 1 aliphatic rings. The Labute approximate surface area is 176 Å². The predicted molar refractivity (Wildman–Crippen MR) is 116 cm³/mol. The van der Waals surface area contributed by atoms with Gasteiger partial charge in [0.2, 0.25) is 11.1 Å². The van der Waals surface area contributed by atoms with Crippen LogP contribution in [0.1, 0.15) is 39.2 Å². The molecule has 1 amide bonds. The number of rotatable bonds is 8. The van der Waals surface area contributed by atoms with Gasteiger partial charge in [0.1, 0.15) is 0 Å². The molecule has 1 fully saturated rings. The van der Waals surface area contributed by atoms with E-state index in [1.54, 1.807) is 4.90 Å². The highest BCUT2D eigenvalue weighted by molar-refractivity contribution is 7.99. The lowest BCUT2D eigenvalue weighted by Crippen LogP contribution is -2.47. The van der Waals surface area contributed by atoms with Crippen LogP contribution >= 0.6 is 11.8 Å². The molecule has 1 aliphatic heterocycles. The third-order valence-electron chi connectivity index (χ3n) is 5.38. The van der Waals surface area contributed by atoms with Gasteiger partial charge in [-0.15, -0.1) is 5.10 Å². The first-order valence-electron chi connectivity index (χ1n) is 9.99. The normalized spacial score (nSPS) is 19.2. The number of hydrogen-bond acceptors (Lipinski definition) is 6. The molecule has 3 rings (SSSR count). The number of aryl methyl sites for hydroxylation is 1. The number of nitrogens with one attached hydrogen (secondary N) is 1. The van der Waals surface area contributed by atoms with Gasteiger partial charge in [0.25, 0.3) is 0 Å². The predicted octanol–water partition coefficient (Wildman–Crippen LogP) is 2.94. The number of thioether (sulfide) groups is 1. The summed E-state index contributed by atoms with van der Waals surface area (Å²) >= 11 is 1.27. The van der Waals surface area contributed by atoms with Crippen molar-refractivity contribution < 1.29 is 13.2 Å². The third kappa shape index (κ3) is 5.39. The van der Waals surface area contributed by atoms with Gasteiger partial charge in [-0.1, -0.05) is 49.9 Å². The molecule has 158 valence electrons. The Bertz CT molecular complexity index is 941. The molecule has 0 spiro atoms. The van der Waals surface area contributed by atoms with Crippen LogP contribution in [0.25, 0.3) is 11.4 Å². The molecule has 2 heterocycles. The van der Waals surface area contributed by atoms with Gasteiger partial charge in [0, 0.05) is 17.6 Å². The second-order valence-corrected chi connectivity index (χ2v) is 10.6. The Morgan fingerprint density at radius 1 is 1.31 bits per heavy atom. The SMILES string of the molecule is CCc1ccc(-c2nc(SCC(=O)N(C(C)CC)C3CCS(=O)(=O)C3)n[nH]2)cc1. The lowest BCUT2D eigenvalue weighted by Gasteiger charge is -2.33. The molecule has 0 radical (unpaired) electrons. The van der Waals surface area contributed by atoms with E-state index in [9.17, 15) is 13.2 Å². The fourth-order valence-electron chi connectivity index (χ4n) is 3.54. The van der Waals surface area contributed by atoms with E-state index in [0.29, 0.717) is 17.4 Å². The molecule has 7 nitrogen and oxygen atoms in total. The third-order valence-corrected chi connectivity index (χ3v) is 7.96. The Balaban J connectivity index is 1.64. The fraction of sp³-hybridized carbons (Fsp3) is 0.550. The number of aromatic amines is 1. The lowest BCUT2D eigenvalue weighted by atomic mass is 10.1. The molecular weight excluding hydrogens is 408 g/mol. The number of nitrogens with zero attached hydrogens (tertiary/aromatic N) is 3. The van der Waals surface area contributed by atoms with Gasteiger partial charge < -0.3 is 4.90 Å². The minimum Gasteiger partial charge on any atom is -0.335 e. The molecule has 9 heteroatoms. The molecule has 2 unspecified atom stereocenters. The maximum absolute atomic E-state index is 12.9. The van der Waals surface area contributed by atoms with E-state index in [-0.39, 0.29) is 35.2 Å². The minimum absolute atomic E-state index is 0.00110. The van der Waals surface area contributed by atoms with Crippen LogP contribution in [0.15, 0.2) is 29.4 Å². The van der Waals surface area contributed by atoms with Crippen molar-refractivity contribution in [3.63, 3.8) is 0 Å². The van der Waals surface area contributed by atoms with Gasteiger partial charge >= 0.3 is 0 Å². The van der Waals surface area contributed by atoms with E-state index < -0.39 is 9.84 Å². The minimum atomic E-state index is -3.05. The Kier molecular flexibility index (Phi) is 7.00. The first-order chi connectivity index (χ1) is 13.8. The number of amides is 1. The van der Waals surface area contributed by atoms with Crippen molar-refractivity contribution >= 4 is 27.5 Å². The molecule has 1 saturated heterocycles. The van der Waals surface area contributed by atoms with Crippen molar-refractivity contribution in [1.82, 2.24) is 20.1 Å². The van der Waals surface area contributed by atoms with Crippen molar-refractivity contribution in [2.45, 2.75) is 57.3 Å². The molecule has 1 aromatic carbocycles. The van der Waals surface area contributed by atoms with Crippen LogP contribution in [0.5, 0.6) is 0 Å². The van der Waals surface area contributed by atoms with E-state index in [1.165, 1.54) is 17.3 Å². The number of carbonyl (C=O) groups is 1. The van der Waals surface area contributed by atoms with Gasteiger partial charge in [0.05, 0.1) is 17.3 Å². The molecule has 29 heavy (non-hydrogen) atoms. The molecular formula is C20H28N4O3S2. The van der Waals surface area contributed by atoms with Crippen molar-refractivity contribution in [3.05, 3.63) is 29.8 Å². The topological polar surface area (TPSA) is 96.0 Å². The summed E-state index contributed by atoms with van der Waals surface area (Å²) < 4.78 is 23.7. The maximum atomic E-state index is 12.9. The number of H-pyrrole nitrogens is 1. The van der Waals surface area contributed by atoms with Gasteiger partial charge in [-0.3, -0.25) is 9.89 Å². The van der Waals surface area contributed by atoms with E-state index in [2.05, 4.69) is 34.2 Å². The van der Waals surface area contributed by atoms with Crippen LogP contribution in [0.4, 0.5) is 0 Å². The Hall–Kier alpha value is -1.87. The molecule has 0 bridgehead atoms. The number of carbonyl (C=O) groups excluding carboxylic acids is 1. The maximum Gasteiger partial charge on any atom is 0.233 e. The molecule has 1 N–H and O–H groups in total. The van der Waals surface area contributed by atoms with Crippen LogP contribution in [0.2, 0.25) is 0 Å². The number of benzene rings is 1. The zero-order valence-corrected chi connectivity index (χ0v) is 18.7. The summed E-state index contributed by atoms with van der Waals surface area (Å²) in [5, 5.41) is 7.65. The largest absolute Gasteiger partial charge is 0.335 e. The highest BCUT2D eigenvalue weighted by atomic mass is 32.2. The molecule has 2 atom stereocenters.